The number of rotatable bonds is 19. The van der Waals surface area contributed by atoms with Crippen LogP contribution < -0.4 is 30.0 Å². The quantitative estimate of drug-likeness (QED) is 0.0538. The van der Waals surface area contributed by atoms with Crippen LogP contribution in [0, 0.1) is 11.8 Å². The van der Waals surface area contributed by atoms with Crippen molar-refractivity contribution < 1.29 is 28.5 Å². The molecule has 2 saturated heterocycles. The molecule has 0 bridgehead atoms. The number of hydrogen-bond acceptors (Lipinski definition) is 9. The van der Waals surface area contributed by atoms with Gasteiger partial charge in [-0.25, -0.2) is 0 Å². The average molecular weight is 1050 g/mol. The summed E-state index contributed by atoms with van der Waals surface area (Å²) in [6, 6.07) is 21.2. The third-order valence-electron chi connectivity index (χ3n) is 12.8. The van der Waals surface area contributed by atoms with Crippen molar-refractivity contribution in [1.29, 1.82) is 0 Å². The van der Waals surface area contributed by atoms with Crippen molar-refractivity contribution in [3.05, 3.63) is 129 Å². The maximum atomic E-state index is 13.4. The van der Waals surface area contributed by atoms with Gasteiger partial charge in [-0.2, -0.15) is 0 Å². The molecule has 1 amide bonds. The maximum absolute atomic E-state index is 13.4. The number of carbonyl (C=O) groups excluding carboxylic acids is 2. The van der Waals surface area contributed by atoms with Gasteiger partial charge in [-0.15, -0.1) is 13.2 Å². The maximum Gasteiger partial charge on any atom is 0.235 e. The van der Waals surface area contributed by atoms with E-state index in [-0.39, 0.29) is 5.91 Å². The molecule has 0 aliphatic carbocycles. The lowest BCUT2D eigenvalue weighted by Gasteiger charge is -2.30. The van der Waals surface area contributed by atoms with Crippen LogP contribution in [0.4, 0.5) is 11.4 Å². The summed E-state index contributed by atoms with van der Waals surface area (Å²) in [6.07, 6.45) is 9.32. The highest BCUT2D eigenvalue weighted by Gasteiger charge is 2.35. The van der Waals surface area contributed by atoms with Gasteiger partial charge in [-0.1, -0.05) is 84.5 Å². The fourth-order valence-electron chi connectivity index (χ4n) is 7.99. The zero-order valence-corrected chi connectivity index (χ0v) is 44.6. The smallest absolute Gasteiger partial charge is 0.235 e. The topological polar surface area (TPSA) is 116 Å². The SMILES string of the molecule is C=CCC(C)(C(=O)Cl)c1ccc(Cl)c(Cl)c1.C=CCC(C)(C(=O)Nc1ccc(OC)c(OCCN2CCC(C)CC2)c1)c1ccc(Cl)c(Cl)c1.COc1ccc(N)cc1OCCN1CCC(C)CC1. The highest BCUT2D eigenvalue weighted by atomic mass is 35.5. The number of likely N-dealkylation sites (tertiary alicyclic amines) is 2. The Hall–Kier alpha value is -4.13. The Balaban J connectivity index is 0.000000249. The van der Waals surface area contributed by atoms with Crippen molar-refractivity contribution in [2.24, 2.45) is 11.8 Å². The monoisotopic (exact) mass is 1040 g/mol. The zero-order chi connectivity index (χ0) is 50.7. The van der Waals surface area contributed by atoms with E-state index in [1.807, 2.05) is 31.2 Å². The molecule has 2 unspecified atom stereocenters. The minimum absolute atomic E-state index is 0.177. The van der Waals surface area contributed by atoms with Gasteiger partial charge in [0.15, 0.2) is 23.0 Å². The molecule has 3 N–H and O–H groups in total. The predicted molar refractivity (Wildman–Crippen MR) is 288 cm³/mol. The summed E-state index contributed by atoms with van der Waals surface area (Å²) in [5.41, 5.74) is 6.91. The number of methoxy groups -OCH3 is 2. The number of nitrogen functional groups attached to an aromatic ring is 1. The Morgan fingerprint density at radius 2 is 1.09 bits per heavy atom. The molecular weight excluding hydrogens is 978 g/mol. The number of amides is 1. The van der Waals surface area contributed by atoms with E-state index in [4.69, 9.17) is 82.7 Å². The third kappa shape index (κ3) is 17.0. The summed E-state index contributed by atoms with van der Waals surface area (Å²) >= 11 is 29.7. The fraction of sp³-hybridized carbons (Fsp3) is 0.444. The van der Waals surface area contributed by atoms with E-state index in [9.17, 15) is 9.59 Å². The summed E-state index contributed by atoms with van der Waals surface area (Å²) < 4.78 is 22.6. The number of hydrogen-bond donors (Lipinski definition) is 2. The van der Waals surface area contributed by atoms with Gasteiger partial charge in [0.05, 0.1) is 45.1 Å². The molecule has 0 aromatic heterocycles. The second-order valence-electron chi connectivity index (χ2n) is 18.2. The number of allylic oxidation sites excluding steroid dienone is 2. The van der Waals surface area contributed by atoms with Gasteiger partial charge in [0, 0.05) is 36.6 Å². The van der Waals surface area contributed by atoms with E-state index in [2.05, 4.69) is 42.1 Å². The lowest BCUT2D eigenvalue weighted by Crippen LogP contribution is -2.37. The molecule has 6 rings (SSSR count). The first-order valence-electron chi connectivity index (χ1n) is 23.3. The molecule has 10 nitrogen and oxygen atoms in total. The highest BCUT2D eigenvalue weighted by molar-refractivity contribution is 6.65. The van der Waals surface area contributed by atoms with E-state index in [0.717, 1.165) is 60.6 Å². The van der Waals surface area contributed by atoms with Crippen molar-refractivity contribution in [3.8, 4) is 23.0 Å². The number of nitrogens with one attached hydrogen (secondary N) is 1. The van der Waals surface area contributed by atoms with Crippen LogP contribution >= 0.6 is 58.0 Å². The predicted octanol–water partition coefficient (Wildman–Crippen LogP) is 13.6. The van der Waals surface area contributed by atoms with Gasteiger partial charge in [0.1, 0.15) is 13.2 Å². The van der Waals surface area contributed by atoms with Crippen molar-refractivity contribution in [2.75, 3.05) is 77.8 Å². The second kappa shape index (κ2) is 28.0. The van der Waals surface area contributed by atoms with Crippen LogP contribution in [-0.4, -0.2) is 87.7 Å². The number of nitrogens with two attached hydrogens (primary N) is 1. The Kier molecular flexibility index (Phi) is 23.4. The lowest BCUT2D eigenvalue weighted by molar-refractivity contribution is -0.121. The Morgan fingerprint density at radius 1 is 0.652 bits per heavy atom. The molecule has 15 heteroatoms. The van der Waals surface area contributed by atoms with Crippen LogP contribution in [0.2, 0.25) is 20.1 Å². The van der Waals surface area contributed by atoms with Gasteiger partial charge < -0.3 is 30.0 Å². The van der Waals surface area contributed by atoms with Crippen molar-refractivity contribution in [2.45, 2.75) is 77.0 Å². The van der Waals surface area contributed by atoms with Gasteiger partial charge in [-0.3, -0.25) is 19.4 Å². The molecule has 0 saturated carbocycles. The summed E-state index contributed by atoms with van der Waals surface area (Å²) in [7, 11) is 3.25. The van der Waals surface area contributed by atoms with Gasteiger partial charge in [0.25, 0.3) is 0 Å². The van der Waals surface area contributed by atoms with Crippen LogP contribution in [0.5, 0.6) is 23.0 Å². The van der Waals surface area contributed by atoms with E-state index >= 15 is 0 Å². The summed E-state index contributed by atoms with van der Waals surface area (Å²) in [5.74, 6) is 4.19. The first-order chi connectivity index (χ1) is 32.9. The number of piperidine rings is 2. The second-order valence-corrected chi connectivity index (χ2v) is 20.1. The zero-order valence-electron chi connectivity index (χ0n) is 40.9. The number of nitrogens with zero attached hydrogens (tertiary/aromatic N) is 2. The van der Waals surface area contributed by atoms with E-state index in [1.54, 1.807) is 81.8 Å². The van der Waals surface area contributed by atoms with Crippen LogP contribution in [0.1, 0.15) is 77.3 Å². The first kappa shape index (κ1) is 57.4. The first-order valence-corrected chi connectivity index (χ1v) is 25.2. The largest absolute Gasteiger partial charge is 0.493 e. The number of halogens is 5. The molecular formula is C54H69Cl5N4O6. The fourth-order valence-corrected chi connectivity index (χ4v) is 8.77. The van der Waals surface area contributed by atoms with Gasteiger partial charge in [0.2, 0.25) is 11.1 Å². The van der Waals surface area contributed by atoms with Crippen molar-refractivity contribution in [3.63, 3.8) is 0 Å². The Labute approximate surface area is 435 Å². The molecule has 0 radical (unpaired) electrons. The molecule has 376 valence electrons. The van der Waals surface area contributed by atoms with Crippen LogP contribution in [0.15, 0.2) is 98.1 Å². The molecule has 0 spiro atoms. The van der Waals surface area contributed by atoms with Crippen LogP contribution in [0.25, 0.3) is 0 Å². The molecule has 4 aromatic carbocycles. The summed E-state index contributed by atoms with van der Waals surface area (Å²) in [5, 5.41) is 4.31. The lowest BCUT2D eigenvalue weighted by atomic mass is 9.78. The number of anilines is 2. The molecule has 4 aromatic rings. The Morgan fingerprint density at radius 3 is 1.52 bits per heavy atom. The van der Waals surface area contributed by atoms with Gasteiger partial charge in [-0.05, 0) is 162 Å². The van der Waals surface area contributed by atoms with E-state index < -0.39 is 16.1 Å². The number of carbonyl (C=O) groups is 2. The summed E-state index contributed by atoms with van der Waals surface area (Å²) in [4.78, 5) is 29.8. The van der Waals surface area contributed by atoms with Gasteiger partial charge >= 0.3 is 0 Å². The van der Waals surface area contributed by atoms with Crippen LogP contribution in [-0.2, 0) is 20.4 Å². The standard InChI is InChI=1S/C27H34Cl2N2O3.C15H24N2O2.C12H11Cl3O/c1-5-12-27(3,20-6-8-22(28)23(29)17-20)26(32)30-21-7-9-24(33-4)25(18-21)34-16-15-31-13-10-19(2)11-14-31;1-12-5-7-17(8-6-12)9-10-19-15-11-13(16)3-4-14(15)18-2;1-3-6-12(2,11(15)16)8-4-5-9(13)10(14)7-8/h5-9,17-19H,1,10-16H2,2-4H3,(H,30,32);3-4,11-12H,5-10,16H2,1-2H3;3-5,7H,1,6H2,2H3. The Bertz CT molecular complexity index is 2320. The van der Waals surface area contributed by atoms with E-state index in [1.165, 1.54) is 38.8 Å². The summed E-state index contributed by atoms with van der Waals surface area (Å²) in [6.45, 7) is 23.3. The van der Waals surface area contributed by atoms with Crippen LogP contribution in [0.3, 0.4) is 0 Å². The highest BCUT2D eigenvalue weighted by Crippen LogP contribution is 2.37. The minimum Gasteiger partial charge on any atom is -0.493 e. The van der Waals surface area contributed by atoms with Crippen molar-refractivity contribution in [1.82, 2.24) is 9.80 Å². The normalized spacial score (nSPS) is 16.2. The molecule has 69 heavy (non-hydrogen) atoms. The minimum atomic E-state index is -0.873. The molecule has 2 heterocycles. The van der Waals surface area contributed by atoms with Crippen molar-refractivity contribution >= 4 is 80.5 Å². The molecule has 2 fully saturated rings. The molecule has 2 atom stereocenters. The number of benzene rings is 4. The van der Waals surface area contributed by atoms with E-state index in [0.29, 0.717) is 69.0 Å². The molecule has 2 aliphatic rings. The third-order valence-corrected chi connectivity index (χ3v) is 14.7. The molecule has 2 aliphatic heterocycles. The average Bonchev–Trinajstić information content (AvgIpc) is 3.32. The number of ether oxygens (including phenoxy) is 4.